The lowest BCUT2D eigenvalue weighted by Gasteiger charge is -2.11. The fraction of sp³-hybridized carbons (Fsp3) is 0.167. The Balaban J connectivity index is 2.21. The summed E-state index contributed by atoms with van der Waals surface area (Å²) in [6.07, 6.45) is 3.09. The highest BCUT2D eigenvalue weighted by Crippen LogP contribution is 2.29. The third-order valence-electron chi connectivity index (χ3n) is 3.47. The van der Waals surface area contributed by atoms with Crippen molar-refractivity contribution in [2.24, 2.45) is 0 Å². The van der Waals surface area contributed by atoms with Gasteiger partial charge in [0.2, 0.25) is 5.88 Å². The van der Waals surface area contributed by atoms with Gasteiger partial charge >= 0.3 is 5.97 Å². The van der Waals surface area contributed by atoms with Gasteiger partial charge in [-0.1, -0.05) is 41.9 Å². The highest BCUT2D eigenvalue weighted by molar-refractivity contribution is 6.30. The van der Waals surface area contributed by atoms with Crippen LogP contribution in [0.1, 0.15) is 17.4 Å². The molecule has 0 bridgehead atoms. The molecule has 0 fully saturated rings. The van der Waals surface area contributed by atoms with E-state index in [1.54, 1.807) is 23.8 Å². The zero-order valence-electron chi connectivity index (χ0n) is 13.8. The SMILES string of the molecule is CCOC(=O)c1cn(-c2cc(Cl)cnc2OC)c(-c2ccccc2)n1. The zero-order chi connectivity index (χ0) is 17.8. The monoisotopic (exact) mass is 357 g/mol. The minimum Gasteiger partial charge on any atom is -0.479 e. The van der Waals surface area contributed by atoms with Crippen LogP contribution in [0.5, 0.6) is 5.88 Å². The number of methoxy groups -OCH3 is 1. The first-order valence-electron chi connectivity index (χ1n) is 7.66. The summed E-state index contributed by atoms with van der Waals surface area (Å²) in [6, 6.07) is 11.2. The van der Waals surface area contributed by atoms with Crippen molar-refractivity contribution in [1.29, 1.82) is 0 Å². The molecule has 3 rings (SSSR count). The van der Waals surface area contributed by atoms with Gasteiger partial charge in [0, 0.05) is 18.0 Å². The van der Waals surface area contributed by atoms with E-state index in [4.69, 9.17) is 21.1 Å². The molecule has 0 radical (unpaired) electrons. The number of halogens is 1. The first-order valence-corrected chi connectivity index (χ1v) is 8.03. The summed E-state index contributed by atoms with van der Waals surface area (Å²) < 4.78 is 12.1. The topological polar surface area (TPSA) is 66.2 Å². The third kappa shape index (κ3) is 3.49. The predicted molar refractivity (Wildman–Crippen MR) is 94.3 cm³/mol. The average Bonchev–Trinajstić information content (AvgIpc) is 3.08. The normalized spacial score (nSPS) is 10.5. The lowest BCUT2D eigenvalue weighted by molar-refractivity contribution is 0.0520. The molecule has 0 aliphatic carbocycles. The van der Waals surface area contributed by atoms with E-state index in [0.29, 0.717) is 22.4 Å². The van der Waals surface area contributed by atoms with Crippen LogP contribution in [0.25, 0.3) is 17.1 Å². The number of imidazole rings is 1. The van der Waals surface area contributed by atoms with E-state index >= 15 is 0 Å². The van der Waals surface area contributed by atoms with Crippen LogP contribution in [0.2, 0.25) is 5.02 Å². The number of benzene rings is 1. The second-order valence-corrected chi connectivity index (χ2v) is 5.52. The molecule has 0 saturated carbocycles. The van der Waals surface area contributed by atoms with Gasteiger partial charge < -0.3 is 9.47 Å². The van der Waals surface area contributed by atoms with E-state index < -0.39 is 5.97 Å². The van der Waals surface area contributed by atoms with Crippen LogP contribution in [-0.4, -0.2) is 34.2 Å². The molecule has 3 aromatic rings. The largest absolute Gasteiger partial charge is 0.479 e. The molecule has 6 nitrogen and oxygen atoms in total. The number of pyridine rings is 1. The Labute approximate surface area is 150 Å². The molecule has 0 amide bonds. The highest BCUT2D eigenvalue weighted by atomic mass is 35.5. The number of rotatable bonds is 5. The quantitative estimate of drug-likeness (QED) is 0.650. The van der Waals surface area contributed by atoms with E-state index in [2.05, 4.69) is 9.97 Å². The number of nitrogens with zero attached hydrogens (tertiary/aromatic N) is 3. The summed E-state index contributed by atoms with van der Waals surface area (Å²) in [5.74, 6) is 0.438. The summed E-state index contributed by atoms with van der Waals surface area (Å²) in [7, 11) is 1.52. The van der Waals surface area contributed by atoms with Crippen molar-refractivity contribution in [2.75, 3.05) is 13.7 Å². The van der Waals surface area contributed by atoms with E-state index in [0.717, 1.165) is 5.56 Å². The van der Waals surface area contributed by atoms with E-state index in [1.807, 2.05) is 30.3 Å². The summed E-state index contributed by atoms with van der Waals surface area (Å²) in [6.45, 7) is 2.02. The van der Waals surface area contributed by atoms with E-state index in [1.165, 1.54) is 13.3 Å². The summed E-state index contributed by atoms with van der Waals surface area (Å²) in [4.78, 5) is 20.7. The van der Waals surface area contributed by atoms with E-state index in [9.17, 15) is 4.79 Å². The molecule has 0 unspecified atom stereocenters. The Hall–Kier alpha value is -2.86. The number of aromatic nitrogens is 3. The van der Waals surface area contributed by atoms with Crippen LogP contribution in [0, 0.1) is 0 Å². The molecule has 0 saturated heterocycles. The van der Waals surface area contributed by atoms with Gasteiger partial charge in [-0.3, -0.25) is 4.57 Å². The Bertz CT molecular complexity index is 894. The van der Waals surface area contributed by atoms with Gasteiger partial charge in [0.05, 0.1) is 18.7 Å². The van der Waals surface area contributed by atoms with Crippen molar-refractivity contribution in [3.63, 3.8) is 0 Å². The number of hydrogen-bond donors (Lipinski definition) is 0. The number of hydrogen-bond acceptors (Lipinski definition) is 5. The Morgan fingerprint density at radius 3 is 2.72 bits per heavy atom. The molecule has 0 aliphatic rings. The van der Waals surface area contributed by atoms with Crippen molar-refractivity contribution in [3.8, 4) is 23.0 Å². The van der Waals surface area contributed by atoms with Crippen LogP contribution >= 0.6 is 11.6 Å². The number of esters is 1. The molecule has 1 aromatic carbocycles. The summed E-state index contributed by atoms with van der Waals surface area (Å²) >= 11 is 6.10. The molecule has 0 atom stereocenters. The molecule has 2 aromatic heterocycles. The minimum atomic E-state index is -0.493. The smallest absolute Gasteiger partial charge is 0.358 e. The van der Waals surface area contributed by atoms with Crippen molar-refractivity contribution in [1.82, 2.24) is 14.5 Å². The highest BCUT2D eigenvalue weighted by Gasteiger charge is 2.20. The third-order valence-corrected chi connectivity index (χ3v) is 3.68. The Morgan fingerprint density at radius 1 is 1.28 bits per heavy atom. The molecular weight excluding hydrogens is 342 g/mol. The summed E-state index contributed by atoms with van der Waals surface area (Å²) in [5.41, 5.74) is 1.61. The predicted octanol–water partition coefficient (Wildman–Crippen LogP) is 3.77. The number of ether oxygens (including phenoxy) is 2. The van der Waals surface area contributed by atoms with Gasteiger partial charge in [0.15, 0.2) is 5.69 Å². The molecule has 25 heavy (non-hydrogen) atoms. The first kappa shape index (κ1) is 17.0. The molecule has 0 N–H and O–H groups in total. The van der Waals surface area contributed by atoms with Gasteiger partial charge in [0.25, 0.3) is 0 Å². The van der Waals surface area contributed by atoms with E-state index in [-0.39, 0.29) is 12.3 Å². The molecular formula is C18H16ClN3O3. The molecule has 7 heteroatoms. The number of carbonyl (C=O) groups excluding carboxylic acids is 1. The van der Waals surface area contributed by atoms with Gasteiger partial charge in [-0.2, -0.15) is 0 Å². The fourth-order valence-electron chi connectivity index (χ4n) is 2.40. The molecule has 2 heterocycles. The van der Waals surface area contributed by atoms with Crippen LogP contribution < -0.4 is 4.74 Å². The van der Waals surface area contributed by atoms with Crippen LogP contribution in [-0.2, 0) is 4.74 Å². The zero-order valence-corrected chi connectivity index (χ0v) is 14.5. The maximum absolute atomic E-state index is 12.1. The fourth-order valence-corrected chi connectivity index (χ4v) is 2.56. The lowest BCUT2D eigenvalue weighted by atomic mass is 10.2. The second kappa shape index (κ2) is 7.36. The van der Waals surface area contributed by atoms with Crippen molar-refractivity contribution < 1.29 is 14.3 Å². The van der Waals surface area contributed by atoms with Crippen molar-refractivity contribution >= 4 is 17.6 Å². The van der Waals surface area contributed by atoms with Gasteiger partial charge in [0.1, 0.15) is 11.5 Å². The Morgan fingerprint density at radius 2 is 2.04 bits per heavy atom. The maximum Gasteiger partial charge on any atom is 0.358 e. The Kier molecular flexibility index (Phi) is 5.00. The average molecular weight is 358 g/mol. The summed E-state index contributed by atoms with van der Waals surface area (Å²) in [5, 5.41) is 0.446. The van der Waals surface area contributed by atoms with Crippen molar-refractivity contribution in [2.45, 2.75) is 6.92 Å². The lowest BCUT2D eigenvalue weighted by Crippen LogP contribution is -2.04. The van der Waals surface area contributed by atoms with Gasteiger partial charge in [-0.15, -0.1) is 0 Å². The van der Waals surface area contributed by atoms with Gasteiger partial charge in [-0.25, -0.2) is 14.8 Å². The van der Waals surface area contributed by atoms with Crippen molar-refractivity contribution in [3.05, 3.63) is 59.5 Å². The van der Waals surface area contributed by atoms with Crippen LogP contribution in [0.4, 0.5) is 0 Å². The second-order valence-electron chi connectivity index (χ2n) is 5.09. The molecule has 128 valence electrons. The minimum absolute atomic E-state index is 0.197. The van der Waals surface area contributed by atoms with Crippen LogP contribution in [0.3, 0.4) is 0 Å². The first-order chi connectivity index (χ1) is 12.1. The van der Waals surface area contributed by atoms with Crippen LogP contribution in [0.15, 0.2) is 48.8 Å². The standard InChI is InChI=1S/C18H16ClN3O3/c1-3-25-18(23)14-11-22(15-9-13(19)10-20-17(15)24-2)16(21-14)12-7-5-4-6-8-12/h4-11H,3H2,1-2H3. The molecule has 0 aliphatic heterocycles. The maximum atomic E-state index is 12.1. The number of carbonyl (C=O) groups is 1. The molecule has 0 spiro atoms. The van der Waals surface area contributed by atoms with Gasteiger partial charge in [-0.05, 0) is 13.0 Å².